The number of anilines is 1. The molecule has 4 rings (SSSR count). The van der Waals surface area contributed by atoms with Crippen LogP contribution in [0.15, 0.2) is 67.7 Å². The zero-order chi connectivity index (χ0) is 20.6. The van der Waals surface area contributed by atoms with Gasteiger partial charge in [-0.2, -0.15) is 18.2 Å². The first-order valence-corrected chi connectivity index (χ1v) is 10.5. The first kappa shape index (κ1) is 18.9. The van der Waals surface area contributed by atoms with Gasteiger partial charge >= 0.3 is 0 Å². The molecule has 9 heteroatoms. The number of nitrogens with one attached hydrogen (secondary N) is 1. The summed E-state index contributed by atoms with van der Waals surface area (Å²) in [7, 11) is -4.03. The Morgan fingerprint density at radius 3 is 2.69 bits per heavy atom. The molecular formula is C20H18N4O4S. The summed E-state index contributed by atoms with van der Waals surface area (Å²) in [5.41, 5.74) is -0.235. The van der Waals surface area contributed by atoms with Gasteiger partial charge in [0.1, 0.15) is 16.2 Å². The molecule has 0 bridgehead atoms. The maximum Gasteiger partial charge on any atom is 0.286 e. The Kier molecular flexibility index (Phi) is 4.67. The number of benzene rings is 2. The van der Waals surface area contributed by atoms with Gasteiger partial charge in [0.05, 0.1) is 11.2 Å². The van der Waals surface area contributed by atoms with Gasteiger partial charge < -0.3 is 10.4 Å². The van der Waals surface area contributed by atoms with E-state index in [2.05, 4.69) is 14.8 Å². The summed E-state index contributed by atoms with van der Waals surface area (Å²) in [6, 6.07) is 13.0. The highest BCUT2D eigenvalue weighted by molar-refractivity contribution is 7.90. The molecule has 1 aliphatic heterocycles. The monoisotopic (exact) mass is 410 g/mol. The number of unbranched alkanes of at least 4 members (excludes halogenated alkanes) is 1. The lowest BCUT2D eigenvalue weighted by Crippen LogP contribution is -2.31. The van der Waals surface area contributed by atoms with Gasteiger partial charge in [-0.25, -0.2) is 0 Å². The molecule has 0 fully saturated rings. The maximum atomic E-state index is 13.2. The molecule has 0 spiro atoms. The zero-order valence-electron chi connectivity index (χ0n) is 15.5. The van der Waals surface area contributed by atoms with Crippen LogP contribution < -0.4 is 10.9 Å². The van der Waals surface area contributed by atoms with E-state index in [1.165, 1.54) is 6.07 Å². The van der Waals surface area contributed by atoms with Crippen molar-refractivity contribution in [1.29, 1.82) is 0 Å². The van der Waals surface area contributed by atoms with Crippen molar-refractivity contribution >= 4 is 38.7 Å². The van der Waals surface area contributed by atoms with Crippen LogP contribution >= 0.6 is 0 Å². The third kappa shape index (κ3) is 3.19. The topological polar surface area (TPSA) is 113 Å². The number of pyridine rings is 1. The normalized spacial score (nSPS) is 15.1. The van der Waals surface area contributed by atoms with Crippen molar-refractivity contribution in [2.24, 2.45) is 9.50 Å². The fourth-order valence-electron chi connectivity index (χ4n) is 3.13. The summed E-state index contributed by atoms with van der Waals surface area (Å²) in [6.45, 7) is 1.98. The summed E-state index contributed by atoms with van der Waals surface area (Å²) in [6.07, 6.45) is 3.12. The average Bonchev–Trinajstić information content (AvgIpc) is 2.70. The van der Waals surface area contributed by atoms with Gasteiger partial charge in [0.2, 0.25) is 0 Å². The van der Waals surface area contributed by atoms with E-state index in [0.29, 0.717) is 17.3 Å². The van der Waals surface area contributed by atoms with Crippen molar-refractivity contribution in [3.8, 4) is 5.75 Å². The highest BCUT2D eigenvalue weighted by Crippen LogP contribution is 2.32. The highest BCUT2D eigenvalue weighted by atomic mass is 32.2. The number of hydrogen-bond acceptors (Lipinski definition) is 6. The van der Waals surface area contributed by atoms with E-state index < -0.39 is 15.6 Å². The molecule has 0 unspecified atom stereocenters. The lowest BCUT2D eigenvalue weighted by Gasteiger charge is -2.19. The summed E-state index contributed by atoms with van der Waals surface area (Å²) >= 11 is 0. The van der Waals surface area contributed by atoms with E-state index >= 15 is 0 Å². The van der Waals surface area contributed by atoms with Crippen LogP contribution in [0, 0.1) is 0 Å². The van der Waals surface area contributed by atoms with Gasteiger partial charge in [0, 0.05) is 11.6 Å². The standard InChI is InChI=1S/C20H18N4O4S/c1-2-3-12-21-24-15-10-6-4-8-13(15)18(25)17(20(24)26)19-22-14-9-5-7-11-16(14)29(27,28)23-19/h4-12,25H,2-3H2,1H3,(H,22,23)/b21-12+. The summed E-state index contributed by atoms with van der Waals surface area (Å²) in [5.74, 6) is -0.593. The number of fused-ring (bicyclic) bond motifs is 2. The van der Waals surface area contributed by atoms with E-state index in [1.807, 2.05) is 6.92 Å². The molecule has 2 N–H and O–H groups in total. The molecule has 2 aromatic carbocycles. The minimum absolute atomic E-state index is 0.00493. The summed E-state index contributed by atoms with van der Waals surface area (Å²) in [5, 5.41) is 18.3. The third-order valence-electron chi connectivity index (χ3n) is 4.51. The SMILES string of the molecule is CCC/C=N/n1c(=O)c(C2=NS(=O)(=O)c3ccccc3N2)c(O)c2ccccc21. The van der Waals surface area contributed by atoms with Crippen molar-refractivity contribution in [3.05, 3.63) is 64.4 Å². The van der Waals surface area contributed by atoms with Crippen LogP contribution in [0.2, 0.25) is 0 Å². The van der Waals surface area contributed by atoms with Crippen LogP contribution in [0.5, 0.6) is 5.75 Å². The molecule has 0 aliphatic carbocycles. The molecule has 0 saturated carbocycles. The van der Waals surface area contributed by atoms with Crippen LogP contribution in [0.4, 0.5) is 5.69 Å². The highest BCUT2D eigenvalue weighted by Gasteiger charge is 2.29. The molecule has 148 valence electrons. The van der Waals surface area contributed by atoms with E-state index in [4.69, 9.17) is 0 Å². The Hall–Kier alpha value is -3.46. The number of rotatable bonds is 4. The first-order chi connectivity index (χ1) is 13.9. The number of nitrogens with zero attached hydrogens (tertiary/aromatic N) is 3. The fourth-order valence-corrected chi connectivity index (χ4v) is 4.25. The largest absolute Gasteiger partial charge is 0.506 e. The number of sulfonamides is 1. The Morgan fingerprint density at radius 1 is 1.17 bits per heavy atom. The Bertz CT molecular complexity index is 1340. The molecule has 1 aliphatic rings. The summed E-state index contributed by atoms with van der Waals surface area (Å²) < 4.78 is 30.1. The molecule has 3 aromatic rings. The number of para-hydroxylation sites is 2. The van der Waals surface area contributed by atoms with Gasteiger partial charge in [-0.15, -0.1) is 4.40 Å². The molecule has 29 heavy (non-hydrogen) atoms. The Morgan fingerprint density at radius 2 is 1.90 bits per heavy atom. The van der Waals surface area contributed by atoms with E-state index in [1.54, 1.807) is 48.7 Å². The lowest BCUT2D eigenvalue weighted by atomic mass is 10.1. The van der Waals surface area contributed by atoms with Crippen molar-refractivity contribution < 1.29 is 13.5 Å². The van der Waals surface area contributed by atoms with E-state index in [-0.39, 0.29) is 27.7 Å². The van der Waals surface area contributed by atoms with E-state index in [9.17, 15) is 18.3 Å². The first-order valence-electron chi connectivity index (χ1n) is 9.05. The quantitative estimate of drug-likeness (QED) is 0.642. The molecule has 8 nitrogen and oxygen atoms in total. The number of aromatic hydroxyl groups is 1. The average molecular weight is 410 g/mol. The molecule has 0 atom stereocenters. The van der Waals surface area contributed by atoms with Crippen LogP contribution in [-0.2, 0) is 10.0 Å². The molecule has 0 saturated heterocycles. The molecule has 1 aromatic heterocycles. The fraction of sp³-hybridized carbons (Fsp3) is 0.150. The second-order valence-corrected chi connectivity index (χ2v) is 8.05. The van der Waals surface area contributed by atoms with Gasteiger partial charge in [0.25, 0.3) is 15.6 Å². The van der Waals surface area contributed by atoms with Crippen LogP contribution in [0.1, 0.15) is 25.3 Å². The predicted octanol–water partition coefficient (Wildman–Crippen LogP) is 2.90. The van der Waals surface area contributed by atoms with Gasteiger partial charge in [-0.3, -0.25) is 4.79 Å². The Balaban J connectivity index is 2.00. The van der Waals surface area contributed by atoms with Crippen molar-refractivity contribution in [1.82, 2.24) is 4.68 Å². The lowest BCUT2D eigenvalue weighted by molar-refractivity contribution is 0.478. The predicted molar refractivity (Wildman–Crippen MR) is 112 cm³/mol. The van der Waals surface area contributed by atoms with Crippen LogP contribution in [-0.4, -0.2) is 30.3 Å². The van der Waals surface area contributed by atoms with Crippen LogP contribution in [0.25, 0.3) is 10.9 Å². The number of amidine groups is 1. The minimum atomic E-state index is -4.03. The molecule has 0 amide bonds. The number of hydrogen-bond donors (Lipinski definition) is 2. The van der Waals surface area contributed by atoms with Crippen molar-refractivity contribution in [2.45, 2.75) is 24.7 Å². The molecule has 2 heterocycles. The van der Waals surface area contributed by atoms with Gasteiger partial charge in [0.15, 0.2) is 5.84 Å². The van der Waals surface area contributed by atoms with E-state index in [0.717, 1.165) is 11.1 Å². The second-order valence-electron chi connectivity index (χ2n) is 6.48. The maximum absolute atomic E-state index is 13.2. The smallest absolute Gasteiger partial charge is 0.286 e. The molecular weight excluding hydrogens is 392 g/mol. The van der Waals surface area contributed by atoms with Crippen LogP contribution in [0.3, 0.4) is 0 Å². The van der Waals surface area contributed by atoms with Crippen molar-refractivity contribution in [3.63, 3.8) is 0 Å². The summed E-state index contributed by atoms with van der Waals surface area (Å²) in [4.78, 5) is 13.2. The minimum Gasteiger partial charge on any atom is -0.506 e. The van der Waals surface area contributed by atoms with Gasteiger partial charge in [-0.1, -0.05) is 37.6 Å². The van der Waals surface area contributed by atoms with Gasteiger partial charge in [-0.05, 0) is 30.7 Å². The van der Waals surface area contributed by atoms with Crippen molar-refractivity contribution in [2.75, 3.05) is 5.32 Å². The third-order valence-corrected chi connectivity index (χ3v) is 5.85. The Labute approximate surface area is 166 Å². The molecule has 0 radical (unpaired) electrons. The second kappa shape index (κ2) is 7.17. The number of aromatic nitrogens is 1. The zero-order valence-corrected chi connectivity index (χ0v) is 16.3.